The van der Waals surface area contributed by atoms with Crippen LogP contribution in [0.3, 0.4) is 0 Å². The average molecular weight is 398 g/mol. The molecule has 2 aromatic carbocycles. The Morgan fingerprint density at radius 3 is 2.00 bits per heavy atom. The number of hydrogen-bond acceptors (Lipinski definition) is 4. The molecule has 0 unspecified atom stereocenters. The molecule has 0 saturated heterocycles. The summed E-state index contributed by atoms with van der Waals surface area (Å²) in [4.78, 5) is 33.9. The molecule has 0 aliphatic carbocycles. The van der Waals surface area contributed by atoms with Gasteiger partial charge in [0.1, 0.15) is 5.78 Å². The van der Waals surface area contributed by atoms with Crippen molar-refractivity contribution >= 4 is 16.7 Å². The van der Waals surface area contributed by atoms with Gasteiger partial charge in [-0.05, 0) is 56.5 Å². The summed E-state index contributed by atoms with van der Waals surface area (Å²) < 4.78 is 6.37. The number of carbonyl (C=O) groups is 1. The first-order valence-electron chi connectivity index (χ1n) is 9.92. The van der Waals surface area contributed by atoms with E-state index in [0.717, 1.165) is 22.3 Å². The molecule has 1 heterocycles. The van der Waals surface area contributed by atoms with Crippen LogP contribution in [0.4, 0.5) is 0 Å². The Balaban J connectivity index is 0.000000527. The summed E-state index contributed by atoms with van der Waals surface area (Å²) in [5.74, 6) is -0.369. The van der Waals surface area contributed by atoms with Crippen molar-refractivity contribution in [3.05, 3.63) is 79.6 Å². The molecule has 0 radical (unpaired) electrons. The number of carbonyl (C=O) groups excluding carboxylic acids is 1. The fourth-order valence-electron chi connectivity index (χ4n) is 2.50. The van der Waals surface area contributed by atoms with E-state index in [0.29, 0.717) is 23.9 Å². The fourth-order valence-corrected chi connectivity index (χ4v) is 2.50. The molecule has 5 heteroatoms. The first kappa shape index (κ1) is 24.1. The Hall–Kier alpha value is -2.95. The summed E-state index contributed by atoms with van der Waals surface area (Å²) in [6.07, 6.45) is 0.667. The van der Waals surface area contributed by atoms with Crippen molar-refractivity contribution in [1.29, 1.82) is 0 Å². The van der Waals surface area contributed by atoms with E-state index in [9.17, 15) is 14.4 Å². The Morgan fingerprint density at radius 1 is 0.966 bits per heavy atom. The number of rotatable bonds is 3. The van der Waals surface area contributed by atoms with Gasteiger partial charge in [0.05, 0.1) is 17.4 Å². The smallest absolute Gasteiger partial charge is 0.372 e. The summed E-state index contributed by atoms with van der Waals surface area (Å²) in [5, 5.41) is 0.440. The van der Waals surface area contributed by atoms with E-state index >= 15 is 0 Å². The van der Waals surface area contributed by atoms with Crippen molar-refractivity contribution in [1.82, 2.24) is 4.57 Å². The largest absolute Gasteiger partial charge is 0.422 e. The van der Waals surface area contributed by atoms with Crippen LogP contribution in [0, 0.1) is 20.8 Å². The van der Waals surface area contributed by atoms with Crippen LogP contribution in [-0.4, -0.2) is 10.4 Å². The van der Waals surface area contributed by atoms with Crippen LogP contribution in [0.5, 0.6) is 0 Å². The summed E-state index contributed by atoms with van der Waals surface area (Å²) in [5.41, 5.74) is 4.22. The lowest BCUT2D eigenvalue weighted by Crippen LogP contribution is -2.25. The molecule has 5 nitrogen and oxygen atoms in total. The standard InChI is InChI=1S/C18H17NO3.C4H8O.C2H6/c1-11-4-6-14(7-5-11)10-19-16-9-13(3)12(2)8-15(16)17(20)22-18(19)21;1-3-4(2)5;1-2/h4-9H,10H2,1-3H3;3H2,1-2H3;1-2H3. The molecule has 0 saturated carbocycles. The highest BCUT2D eigenvalue weighted by Gasteiger charge is 2.11. The van der Waals surface area contributed by atoms with E-state index in [1.807, 2.05) is 71.9 Å². The van der Waals surface area contributed by atoms with Gasteiger partial charge in [-0.25, -0.2) is 9.59 Å². The van der Waals surface area contributed by atoms with Gasteiger partial charge in [0.15, 0.2) is 0 Å². The molecule has 0 atom stereocenters. The van der Waals surface area contributed by atoms with E-state index in [1.165, 1.54) is 4.57 Å². The Bertz CT molecular complexity index is 1070. The summed E-state index contributed by atoms with van der Waals surface area (Å²) >= 11 is 0. The SMILES string of the molecule is CC.CCC(C)=O.Cc1ccc(Cn2c(=O)oc(=O)c3cc(C)c(C)cc32)cc1. The molecular weight excluding hydrogens is 366 g/mol. The summed E-state index contributed by atoms with van der Waals surface area (Å²) in [6, 6.07) is 11.6. The van der Waals surface area contributed by atoms with Crippen molar-refractivity contribution in [2.24, 2.45) is 0 Å². The third-order valence-corrected chi connectivity index (χ3v) is 4.48. The van der Waals surface area contributed by atoms with Gasteiger partial charge in [-0.1, -0.05) is 50.6 Å². The Labute approximate surface area is 172 Å². The number of aromatic nitrogens is 1. The molecule has 0 amide bonds. The number of aryl methyl sites for hydroxylation is 3. The Morgan fingerprint density at radius 2 is 1.48 bits per heavy atom. The fraction of sp³-hybridized carbons (Fsp3) is 0.375. The molecule has 1 aromatic heterocycles. The number of hydrogen-bond donors (Lipinski definition) is 0. The van der Waals surface area contributed by atoms with E-state index in [-0.39, 0.29) is 5.78 Å². The maximum atomic E-state index is 12.1. The minimum absolute atomic E-state index is 0.255. The van der Waals surface area contributed by atoms with E-state index in [4.69, 9.17) is 4.42 Å². The van der Waals surface area contributed by atoms with Crippen LogP contribution in [0.15, 0.2) is 50.4 Å². The second kappa shape index (κ2) is 11.1. The zero-order valence-electron chi connectivity index (χ0n) is 18.5. The summed E-state index contributed by atoms with van der Waals surface area (Å²) in [7, 11) is 0. The van der Waals surface area contributed by atoms with Crippen LogP contribution in [-0.2, 0) is 11.3 Å². The monoisotopic (exact) mass is 397 g/mol. The van der Waals surface area contributed by atoms with Crippen LogP contribution in [0.2, 0.25) is 0 Å². The second-order valence-corrected chi connectivity index (χ2v) is 6.74. The van der Waals surface area contributed by atoms with Gasteiger partial charge in [0.25, 0.3) is 0 Å². The number of ketones is 1. The van der Waals surface area contributed by atoms with Crippen molar-refractivity contribution in [3.8, 4) is 0 Å². The zero-order valence-corrected chi connectivity index (χ0v) is 18.5. The third-order valence-electron chi connectivity index (χ3n) is 4.48. The molecule has 3 aromatic rings. The predicted octanol–water partition coefficient (Wildman–Crippen LogP) is 4.94. The molecule has 0 spiro atoms. The van der Waals surface area contributed by atoms with E-state index in [1.54, 1.807) is 13.0 Å². The van der Waals surface area contributed by atoms with Gasteiger partial charge in [-0.15, -0.1) is 0 Å². The highest BCUT2D eigenvalue weighted by Crippen LogP contribution is 2.16. The van der Waals surface area contributed by atoms with Crippen LogP contribution in [0.1, 0.15) is 56.4 Å². The molecule has 0 aliphatic heterocycles. The number of Topliss-reactive ketones (excluding diaryl/α,β-unsaturated/α-hetero) is 1. The highest BCUT2D eigenvalue weighted by molar-refractivity contribution is 5.79. The lowest BCUT2D eigenvalue weighted by Gasteiger charge is -2.10. The Kier molecular flexibility index (Phi) is 9.26. The van der Waals surface area contributed by atoms with Gasteiger partial charge >= 0.3 is 11.4 Å². The van der Waals surface area contributed by atoms with Crippen molar-refractivity contribution in [3.63, 3.8) is 0 Å². The second-order valence-electron chi connectivity index (χ2n) is 6.74. The molecule has 0 fully saturated rings. The number of benzene rings is 2. The zero-order chi connectivity index (χ0) is 22.1. The molecule has 156 valence electrons. The van der Waals surface area contributed by atoms with E-state index in [2.05, 4.69) is 0 Å². The van der Waals surface area contributed by atoms with Gasteiger partial charge < -0.3 is 9.21 Å². The third kappa shape index (κ3) is 6.56. The van der Waals surface area contributed by atoms with Gasteiger partial charge in [0.2, 0.25) is 0 Å². The first-order chi connectivity index (χ1) is 13.7. The molecular formula is C24H31NO4. The lowest BCUT2D eigenvalue weighted by atomic mass is 10.1. The van der Waals surface area contributed by atoms with Crippen molar-refractivity contribution in [2.75, 3.05) is 0 Å². The number of nitrogens with zero attached hydrogens (tertiary/aromatic N) is 1. The molecule has 3 rings (SSSR count). The summed E-state index contributed by atoms with van der Waals surface area (Å²) in [6.45, 7) is 13.7. The first-order valence-corrected chi connectivity index (χ1v) is 9.92. The number of fused-ring (bicyclic) bond motifs is 1. The maximum Gasteiger partial charge on any atom is 0.422 e. The molecule has 0 bridgehead atoms. The van der Waals surface area contributed by atoms with Crippen LogP contribution >= 0.6 is 0 Å². The highest BCUT2D eigenvalue weighted by atomic mass is 16.4. The topological polar surface area (TPSA) is 69.3 Å². The quantitative estimate of drug-likeness (QED) is 0.628. The molecule has 0 N–H and O–H groups in total. The molecule has 29 heavy (non-hydrogen) atoms. The van der Waals surface area contributed by atoms with Crippen LogP contribution < -0.4 is 11.4 Å². The average Bonchev–Trinajstić information content (AvgIpc) is 2.70. The van der Waals surface area contributed by atoms with Gasteiger partial charge in [-0.2, -0.15) is 0 Å². The van der Waals surface area contributed by atoms with Gasteiger partial charge in [-0.3, -0.25) is 4.57 Å². The minimum Gasteiger partial charge on any atom is -0.372 e. The van der Waals surface area contributed by atoms with E-state index < -0.39 is 11.4 Å². The van der Waals surface area contributed by atoms with Gasteiger partial charge in [0, 0.05) is 6.42 Å². The van der Waals surface area contributed by atoms with Crippen molar-refractivity contribution < 1.29 is 9.21 Å². The maximum absolute atomic E-state index is 12.1. The van der Waals surface area contributed by atoms with Crippen molar-refractivity contribution in [2.45, 2.75) is 61.4 Å². The van der Waals surface area contributed by atoms with Crippen LogP contribution in [0.25, 0.3) is 10.9 Å². The molecule has 0 aliphatic rings. The lowest BCUT2D eigenvalue weighted by molar-refractivity contribution is -0.116. The normalized spacial score (nSPS) is 9.90. The minimum atomic E-state index is -0.624. The predicted molar refractivity (Wildman–Crippen MR) is 119 cm³/mol.